The van der Waals surface area contributed by atoms with Crippen LogP contribution in [0.25, 0.3) is 0 Å². The second-order valence-electron chi connectivity index (χ2n) is 7.80. The van der Waals surface area contributed by atoms with Gasteiger partial charge in [0.25, 0.3) is 0 Å². The highest BCUT2D eigenvalue weighted by Crippen LogP contribution is 2.15. The standard InChI is InChI=1S/C23H30N4O4S/c1-18-5-4-6-21(15-18)32(29,30)27(3)13-14-31-17-22(28)26(2)16-19-7-9-20(10-8-19)23-24-11-12-25-23/h4-10,15H,11-14,16-17H2,1-3H3,(H,24,25). The van der Waals surface area contributed by atoms with Gasteiger partial charge in [-0.05, 0) is 30.2 Å². The number of hydrogen-bond acceptors (Lipinski definition) is 6. The van der Waals surface area contributed by atoms with Gasteiger partial charge in [0.15, 0.2) is 0 Å². The number of aryl methyl sites for hydroxylation is 1. The van der Waals surface area contributed by atoms with Gasteiger partial charge < -0.3 is 15.0 Å². The van der Waals surface area contributed by atoms with Crippen molar-refractivity contribution < 1.29 is 17.9 Å². The number of ether oxygens (including phenoxy) is 1. The topological polar surface area (TPSA) is 91.3 Å². The minimum absolute atomic E-state index is 0.104. The van der Waals surface area contributed by atoms with Crippen LogP contribution < -0.4 is 5.32 Å². The molecule has 32 heavy (non-hydrogen) atoms. The summed E-state index contributed by atoms with van der Waals surface area (Å²) in [7, 11) is -0.360. The maximum absolute atomic E-state index is 12.6. The van der Waals surface area contributed by atoms with Gasteiger partial charge in [-0.1, -0.05) is 36.4 Å². The van der Waals surface area contributed by atoms with Gasteiger partial charge in [-0.3, -0.25) is 9.79 Å². The Morgan fingerprint density at radius 1 is 1.16 bits per heavy atom. The van der Waals surface area contributed by atoms with Crippen LogP contribution >= 0.6 is 0 Å². The van der Waals surface area contributed by atoms with Crippen molar-refractivity contribution in [3.63, 3.8) is 0 Å². The first-order valence-electron chi connectivity index (χ1n) is 10.5. The molecule has 1 amide bonds. The van der Waals surface area contributed by atoms with Crippen LogP contribution in [-0.2, 0) is 26.1 Å². The van der Waals surface area contributed by atoms with E-state index in [1.807, 2.05) is 37.3 Å². The third kappa shape index (κ3) is 6.15. The summed E-state index contributed by atoms with van der Waals surface area (Å²) in [6.45, 7) is 4.15. The van der Waals surface area contributed by atoms with Crippen LogP contribution in [0.2, 0.25) is 0 Å². The zero-order valence-corrected chi connectivity index (χ0v) is 19.6. The highest BCUT2D eigenvalue weighted by molar-refractivity contribution is 7.89. The van der Waals surface area contributed by atoms with E-state index in [4.69, 9.17) is 4.74 Å². The smallest absolute Gasteiger partial charge is 0.248 e. The summed E-state index contributed by atoms with van der Waals surface area (Å²) in [5.41, 5.74) is 2.92. The van der Waals surface area contributed by atoms with Crippen molar-refractivity contribution in [3.05, 3.63) is 65.2 Å². The van der Waals surface area contributed by atoms with Crippen molar-refractivity contribution >= 4 is 21.8 Å². The van der Waals surface area contributed by atoms with Crippen molar-refractivity contribution in [2.75, 3.05) is 46.9 Å². The van der Waals surface area contributed by atoms with Gasteiger partial charge in [-0.15, -0.1) is 0 Å². The summed E-state index contributed by atoms with van der Waals surface area (Å²) in [6.07, 6.45) is 0. The Morgan fingerprint density at radius 2 is 1.91 bits per heavy atom. The average Bonchev–Trinajstić information content (AvgIpc) is 3.31. The molecule has 1 heterocycles. The fraction of sp³-hybridized carbons (Fsp3) is 0.391. The van der Waals surface area contributed by atoms with Gasteiger partial charge in [-0.25, -0.2) is 8.42 Å². The molecule has 9 heteroatoms. The number of sulfonamides is 1. The van der Waals surface area contributed by atoms with Gasteiger partial charge in [0.1, 0.15) is 12.4 Å². The van der Waals surface area contributed by atoms with E-state index in [9.17, 15) is 13.2 Å². The molecule has 0 unspecified atom stereocenters. The van der Waals surface area contributed by atoms with Crippen molar-refractivity contribution in [1.82, 2.24) is 14.5 Å². The highest BCUT2D eigenvalue weighted by Gasteiger charge is 2.20. The Hall–Kier alpha value is -2.75. The minimum atomic E-state index is -3.58. The lowest BCUT2D eigenvalue weighted by Crippen LogP contribution is -2.33. The van der Waals surface area contributed by atoms with Crippen molar-refractivity contribution in [1.29, 1.82) is 0 Å². The number of nitrogens with one attached hydrogen (secondary N) is 1. The molecule has 0 radical (unpaired) electrons. The summed E-state index contributed by atoms with van der Waals surface area (Å²) in [5.74, 6) is 0.740. The molecule has 2 aromatic carbocycles. The molecule has 3 rings (SSSR count). The van der Waals surface area contributed by atoms with Crippen LogP contribution in [0.15, 0.2) is 58.4 Å². The van der Waals surface area contributed by atoms with Gasteiger partial charge in [0, 0.05) is 39.3 Å². The fourth-order valence-electron chi connectivity index (χ4n) is 3.26. The van der Waals surface area contributed by atoms with Crippen molar-refractivity contribution in [3.8, 4) is 0 Å². The number of amides is 1. The maximum Gasteiger partial charge on any atom is 0.248 e. The number of nitrogens with zero attached hydrogens (tertiary/aromatic N) is 3. The van der Waals surface area contributed by atoms with Gasteiger partial charge in [-0.2, -0.15) is 4.31 Å². The molecule has 2 aromatic rings. The largest absolute Gasteiger partial charge is 0.370 e. The molecule has 8 nitrogen and oxygen atoms in total. The Kier molecular flexibility index (Phi) is 8.00. The monoisotopic (exact) mass is 458 g/mol. The molecule has 0 atom stereocenters. The lowest BCUT2D eigenvalue weighted by Gasteiger charge is -2.19. The van der Waals surface area contributed by atoms with Crippen LogP contribution in [0.5, 0.6) is 0 Å². The number of carbonyl (C=O) groups is 1. The first-order chi connectivity index (χ1) is 15.3. The minimum Gasteiger partial charge on any atom is -0.370 e. The molecule has 0 spiro atoms. The molecule has 0 saturated carbocycles. The SMILES string of the molecule is Cc1cccc(S(=O)(=O)N(C)CCOCC(=O)N(C)Cc2ccc(C3=NCCN3)cc2)c1. The van der Waals surface area contributed by atoms with Gasteiger partial charge in [0.05, 0.1) is 18.0 Å². The highest BCUT2D eigenvalue weighted by atomic mass is 32.2. The van der Waals surface area contributed by atoms with Gasteiger partial charge >= 0.3 is 0 Å². The van der Waals surface area contributed by atoms with Crippen LogP contribution in [0.4, 0.5) is 0 Å². The number of rotatable bonds is 10. The number of carbonyl (C=O) groups excluding carboxylic acids is 1. The van der Waals surface area contributed by atoms with E-state index in [0.717, 1.165) is 35.6 Å². The van der Waals surface area contributed by atoms with E-state index < -0.39 is 10.0 Å². The number of amidine groups is 1. The van der Waals surface area contributed by atoms with E-state index in [0.29, 0.717) is 6.54 Å². The van der Waals surface area contributed by atoms with Crippen molar-refractivity contribution in [2.45, 2.75) is 18.4 Å². The lowest BCUT2D eigenvalue weighted by atomic mass is 10.1. The van der Waals surface area contributed by atoms with Crippen LogP contribution in [-0.4, -0.2) is 76.3 Å². The first-order valence-corrected chi connectivity index (χ1v) is 11.9. The molecule has 0 aromatic heterocycles. The molecule has 172 valence electrons. The predicted molar refractivity (Wildman–Crippen MR) is 124 cm³/mol. The lowest BCUT2D eigenvalue weighted by molar-refractivity contribution is -0.135. The summed E-state index contributed by atoms with van der Waals surface area (Å²) in [6, 6.07) is 14.7. The first kappa shape index (κ1) is 23.9. The summed E-state index contributed by atoms with van der Waals surface area (Å²) in [4.78, 5) is 18.6. The van der Waals surface area contributed by atoms with Gasteiger partial charge in [0.2, 0.25) is 15.9 Å². The zero-order valence-electron chi connectivity index (χ0n) is 18.7. The summed E-state index contributed by atoms with van der Waals surface area (Å²) in [5, 5.41) is 3.24. The Balaban J connectivity index is 1.42. The molecular formula is C23H30N4O4S. The Morgan fingerprint density at radius 3 is 2.56 bits per heavy atom. The number of hydrogen-bond donors (Lipinski definition) is 1. The molecule has 0 fully saturated rings. The quantitative estimate of drug-likeness (QED) is 0.547. The Labute approximate surface area is 189 Å². The number of aliphatic imine (C=N–C) groups is 1. The van der Waals surface area contributed by atoms with E-state index in [1.165, 1.54) is 11.4 Å². The molecular weight excluding hydrogens is 428 g/mol. The van der Waals surface area contributed by atoms with Crippen LogP contribution in [0.1, 0.15) is 16.7 Å². The maximum atomic E-state index is 12.6. The zero-order chi connectivity index (χ0) is 23.1. The van der Waals surface area contributed by atoms with Crippen molar-refractivity contribution in [2.24, 2.45) is 4.99 Å². The summed E-state index contributed by atoms with van der Waals surface area (Å²) < 4.78 is 31.9. The van der Waals surface area contributed by atoms with E-state index in [-0.39, 0.29) is 30.6 Å². The normalized spacial score (nSPS) is 13.7. The predicted octanol–water partition coefficient (Wildman–Crippen LogP) is 1.64. The number of benzene rings is 2. The van der Waals surface area contributed by atoms with Crippen LogP contribution in [0.3, 0.4) is 0 Å². The molecule has 1 aliphatic heterocycles. The molecule has 1 N–H and O–H groups in total. The molecule has 0 aliphatic carbocycles. The molecule has 0 bridgehead atoms. The molecule has 0 saturated heterocycles. The molecule has 1 aliphatic rings. The van der Waals surface area contributed by atoms with Crippen LogP contribution in [0, 0.1) is 6.92 Å². The van der Waals surface area contributed by atoms with E-state index in [1.54, 1.807) is 30.1 Å². The fourth-order valence-corrected chi connectivity index (χ4v) is 4.52. The number of likely N-dealkylation sites (N-methyl/N-ethyl adjacent to an activating group) is 2. The average molecular weight is 459 g/mol. The van der Waals surface area contributed by atoms with E-state index in [2.05, 4.69) is 10.3 Å². The van der Waals surface area contributed by atoms with E-state index >= 15 is 0 Å². The Bertz CT molecular complexity index is 1070. The third-order valence-corrected chi connectivity index (χ3v) is 7.07. The second-order valence-corrected chi connectivity index (χ2v) is 9.84. The second kappa shape index (κ2) is 10.7. The summed E-state index contributed by atoms with van der Waals surface area (Å²) >= 11 is 0. The third-order valence-electron chi connectivity index (χ3n) is 5.22.